The highest BCUT2D eigenvalue weighted by molar-refractivity contribution is 5.81. The number of halogens is 1. The van der Waals surface area contributed by atoms with Crippen molar-refractivity contribution in [3.63, 3.8) is 0 Å². The number of benzene rings is 1. The summed E-state index contributed by atoms with van der Waals surface area (Å²) in [5.41, 5.74) is 2.01. The average Bonchev–Trinajstić information content (AvgIpc) is 2.76. The van der Waals surface area contributed by atoms with Crippen LogP contribution in [0, 0.1) is 17.1 Å². The second kappa shape index (κ2) is 8.22. The Morgan fingerprint density at radius 2 is 1.93 bits per heavy atom. The maximum Gasteiger partial charge on any atom is 0.219 e. The van der Waals surface area contributed by atoms with E-state index in [-0.39, 0.29) is 11.7 Å². The van der Waals surface area contributed by atoms with Crippen LogP contribution in [0.2, 0.25) is 0 Å². The molecule has 142 valence electrons. The summed E-state index contributed by atoms with van der Waals surface area (Å²) in [6.07, 6.45) is 6.37. The van der Waals surface area contributed by atoms with Crippen LogP contribution < -0.4 is 10.1 Å². The molecule has 4 rings (SSSR count). The van der Waals surface area contributed by atoms with Crippen LogP contribution in [0.15, 0.2) is 55.2 Å². The fourth-order valence-corrected chi connectivity index (χ4v) is 2.66. The number of ether oxygens (including phenoxy) is 1. The fraction of sp³-hybridized carbons (Fsp3) is 0.100. The number of pyridine rings is 1. The summed E-state index contributed by atoms with van der Waals surface area (Å²) in [6.45, 7) is 0.455. The van der Waals surface area contributed by atoms with Crippen LogP contribution in [-0.4, -0.2) is 31.5 Å². The maximum atomic E-state index is 14.4. The van der Waals surface area contributed by atoms with Crippen molar-refractivity contribution in [1.82, 2.24) is 24.9 Å². The molecule has 0 unspecified atom stereocenters. The van der Waals surface area contributed by atoms with Crippen molar-refractivity contribution in [2.24, 2.45) is 0 Å². The first-order valence-electron chi connectivity index (χ1n) is 8.71. The molecule has 4 aromatic rings. The third-order valence-electron chi connectivity index (χ3n) is 4.07. The van der Waals surface area contributed by atoms with Gasteiger partial charge in [-0.25, -0.2) is 29.3 Å². The van der Waals surface area contributed by atoms with Gasteiger partial charge >= 0.3 is 0 Å². The summed E-state index contributed by atoms with van der Waals surface area (Å²) in [5.74, 6) is 0.781. The number of nitrogens with one attached hydrogen (secondary N) is 1. The van der Waals surface area contributed by atoms with Crippen LogP contribution >= 0.6 is 0 Å². The molecule has 0 fully saturated rings. The van der Waals surface area contributed by atoms with Crippen LogP contribution in [0.5, 0.6) is 11.6 Å². The van der Waals surface area contributed by atoms with Gasteiger partial charge in [-0.15, -0.1) is 0 Å². The van der Waals surface area contributed by atoms with Crippen LogP contribution in [0.4, 0.5) is 10.2 Å². The monoisotopic (exact) mass is 387 g/mol. The fourth-order valence-electron chi connectivity index (χ4n) is 2.66. The molecule has 0 atom stereocenters. The molecule has 8 nitrogen and oxygen atoms in total. The van der Waals surface area contributed by atoms with Crippen molar-refractivity contribution in [2.45, 2.75) is 6.42 Å². The molecule has 0 amide bonds. The number of hydrogen-bond acceptors (Lipinski definition) is 8. The van der Waals surface area contributed by atoms with Crippen LogP contribution in [-0.2, 0) is 6.42 Å². The van der Waals surface area contributed by atoms with E-state index in [4.69, 9.17) is 10.00 Å². The molecular weight excluding hydrogens is 373 g/mol. The molecular formula is C20H14FN7O. The summed E-state index contributed by atoms with van der Waals surface area (Å²) in [4.78, 5) is 20.6. The van der Waals surface area contributed by atoms with Gasteiger partial charge in [-0.1, -0.05) is 6.07 Å². The van der Waals surface area contributed by atoms with Gasteiger partial charge in [0.1, 0.15) is 29.5 Å². The Morgan fingerprint density at radius 1 is 1.03 bits per heavy atom. The molecule has 0 aliphatic rings. The zero-order valence-corrected chi connectivity index (χ0v) is 15.1. The lowest BCUT2D eigenvalue weighted by Crippen LogP contribution is -2.09. The molecule has 3 heterocycles. The van der Waals surface area contributed by atoms with Gasteiger partial charge in [-0.05, 0) is 24.1 Å². The van der Waals surface area contributed by atoms with Crippen molar-refractivity contribution in [3.8, 4) is 17.7 Å². The highest BCUT2D eigenvalue weighted by Crippen LogP contribution is 2.23. The van der Waals surface area contributed by atoms with E-state index in [0.29, 0.717) is 46.8 Å². The molecule has 0 radical (unpaired) electrons. The predicted molar refractivity (Wildman–Crippen MR) is 103 cm³/mol. The SMILES string of the molecule is N#Cc1ccc(Oc2ccc(CCNc3ncnc4nccnc34)c(F)c2)nc1. The molecule has 29 heavy (non-hydrogen) atoms. The minimum absolute atomic E-state index is 0.287. The van der Waals surface area contributed by atoms with E-state index in [2.05, 4.69) is 30.2 Å². The minimum Gasteiger partial charge on any atom is -0.439 e. The first-order chi connectivity index (χ1) is 14.2. The number of aromatic nitrogens is 5. The number of nitriles is 1. The lowest BCUT2D eigenvalue weighted by molar-refractivity contribution is 0.457. The normalized spacial score (nSPS) is 10.5. The zero-order valence-electron chi connectivity index (χ0n) is 15.1. The molecule has 1 N–H and O–H groups in total. The number of hydrogen-bond donors (Lipinski definition) is 1. The average molecular weight is 387 g/mol. The van der Waals surface area contributed by atoms with E-state index >= 15 is 0 Å². The maximum absolute atomic E-state index is 14.4. The Balaban J connectivity index is 1.40. The Hall–Kier alpha value is -4.19. The van der Waals surface area contributed by atoms with Crippen LogP contribution in [0.1, 0.15) is 11.1 Å². The van der Waals surface area contributed by atoms with Gasteiger partial charge < -0.3 is 10.1 Å². The van der Waals surface area contributed by atoms with Gasteiger partial charge in [0.05, 0.1) is 5.56 Å². The van der Waals surface area contributed by atoms with Gasteiger partial charge in [0, 0.05) is 37.3 Å². The van der Waals surface area contributed by atoms with Crippen molar-refractivity contribution in [3.05, 3.63) is 72.2 Å². The summed E-state index contributed by atoms with van der Waals surface area (Å²) in [6, 6.07) is 9.76. The lowest BCUT2D eigenvalue weighted by Gasteiger charge is -2.09. The van der Waals surface area contributed by atoms with E-state index < -0.39 is 0 Å². The van der Waals surface area contributed by atoms with E-state index in [9.17, 15) is 4.39 Å². The first kappa shape index (κ1) is 18.2. The second-order valence-corrected chi connectivity index (χ2v) is 5.98. The van der Waals surface area contributed by atoms with Crippen molar-refractivity contribution in [2.75, 3.05) is 11.9 Å². The zero-order chi connectivity index (χ0) is 20.1. The molecule has 0 bridgehead atoms. The summed E-state index contributed by atoms with van der Waals surface area (Å²) in [5, 5.41) is 11.9. The number of rotatable bonds is 6. The van der Waals surface area contributed by atoms with Gasteiger partial charge in [-0.3, -0.25) is 0 Å². The number of anilines is 1. The Kier molecular flexibility index (Phi) is 5.16. The Labute approximate surface area is 165 Å². The summed E-state index contributed by atoms with van der Waals surface area (Å²) >= 11 is 0. The Morgan fingerprint density at radius 3 is 2.72 bits per heavy atom. The molecule has 0 aliphatic heterocycles. The van der Waals surface area contributed by atoms with E-state index in [0.717, 1.165) is 0 Å². The van der Waals surface area contributed by atoms with E-state index in [1.54, 1.807) is 36.7 Å². The van der Waals surface area contributed by atoms with Crippen LogP contribution in [0.3, 0.4) is 0 Å². The van der Waals surface area contributed by atoms with Crippen LogP contribution in [0.25, 0.3) is 11.2 Å². The molecule has 0 aliphatic carbocycles. The smallest absolute Gasteiger partial charge is 0.219 e. The van der Waals surface area contributed by atoms with E-state index in [1.165, 1.54) is 18.6 Å². The van der Waals surface area contributed by atoms with Gasteiger partial charge in [0.2, 0.25) is 5.88 Å². The summed E-state index contributed by atoms with van der Waals surface area (Å²) < 4.78 is 20.0. The molecule has 3 aromatic heterocycles. The van der Waals surface area contributed by atoms with E-state index in [1.807, 2.05) is 6.07 Å². The quantitative estimate of drug-likeness (QED) is 0.537. The topological polar surface area (TPSA) is 110 Å². The predicted octanol–water partition coefficient (Wildman–Crippen LogP) is 3.27. The standard InChI is InChI=1S/C20H14FN7O/c21-16-9-15(29-17-4-1-13(10-22)11-26-17)3-2-14(16)5-6-24-19-18-20(28-12-27-19)25-8-7-23-18/h1-4,7-9,11-12H,5-6H2,(H,24,25,27,28). The number of fused-ring (bicyclic) bond motifs is 1. The number of nitrogens with zero attached hydrogens (tertiary/aromatic N) is 6. The van der Waals surface area contributed by atoms with Gasteiger partial charge in [-0.2, -0.15) is 5.26 Å². The highest BCUT2D eigenvalue weighted by atomic mass is 19.1. The Bertz CT molecular complexity index is 1190. The van der Waals surface area contributed by atoms with Crippen molar-refractivity contribution < 1.29 is 9.13 Å². The van der Waals surface area contributed by atoms with Crippen molar-refractivity contribution >= 4 is 17.0 Å². The largest absolute Gasteiger partial charge is 0.439 e. The van der Waals surface area contributed by atoms with Gasteiger partial charge in [0.25, 0.3) is 0 Å². The highest BCUT2D eigenvalue weighted by Gasteiger charge is 2.08. The summed E-state index contributed by atoms with van der Waals surface area (Å²) in [7, 11) is 0. The third-order valence-corrected chi connectivity index (χ3v) is 4.07. The molecule has 0 saturated heterocycles. The van der Waals surface area contributed by atoms with Gasteiger partial charge in [0.15, 0.2) is 11.5 Å². The first-order valence-corrected chi connectivity index (χ1v) is 8.71. The lowest BCUT2D eigenvalue weighted by atomic mass is 10.1. The molecule has 9 heteroatoms. The molecule has 0 spiro atoms. The molecule has 0 saturated carbocycles. The minimum atomic E-state index is -0.384. The van der Waals surface area contributed by atoms with Crippen molar-refractivity contribution in [1.29, 1.82) is 5.26 Å². The second-order valence-electron chi connectivity index (χ2n) is 5.98. The third kappa shape index (κ3) is 4.22. The molecule has 1 aromatic carbocycles.